The molecule has 6 heterocycles. The first kappa shape index (κ1) is 113. The zero-order valence-corrected chi connectivity index (χ0v) is 83.0. The number of carboxylic acids is 3. The molecule has 0 saturated carbocycles. The molecule has 2 aromatic heterocycles. The molecule has 4 aliphatic rings. The number of nitrogens with one attached hydrogen (secondary N) is 15. The van der Waals surface area contributed by atoms with Crippen LogP contribution in [0.25, 0.3) is 32.6 Å². The Bertz CT molecular complexity index is 5530. The number of nitrogens with two attached hydrogens (primary N) is 2. The maximum Gasteiger partial charge on any atom is 0.317 e. The number of aliphatic hydroxyl groups is 1. The van der Waals surface area contributed by atoms with E-state index < -0.39 is 221 Å². The van der Waals surface area contributed by atoms with Crippen molar-refractivity contribution < 1.29 is 112 Å². The van der Waals surface area contributed by atoms with Gasteiger partial charge in [-0.05, 0) is 129 Å². The molecule has 4 aromatic carbocycles. The maximum atomic E-state index is 15.8. The van der Waals surface area contributed by atoms with E-state index in [1.807, 2.05) is 12.1 Å². The number of carboxylic acid groups (broad SMARTS) is 3. The first-order chi connectivity index (χ1) is 68.7. The van der Waals surface area contributed by atoms with Crippen molar-refractivity contribution in [2.75, 3.05) is 116 Å². The second kappa shape index (κ2) is 55.0. The van der Waals surface area contributed by atoms with Gasteiger partial charge in [0, 0.05) is 137 Å². The number of fused-ring (bicyclic) bond motifs is 3. The molecule has 0 spiro atoms. The normalized spacial score (nSPS) is 21.6. The number of H-pyrrole nitrogens is 2. The molecule has 0 radical (unpaired) electrons. The minimum atomic E-state index is -2.17. The molecule has 45 nitrogen and oxygen atoms in total. The van der Waals surface area contributed by atoms with Crippen molar-refractivity contribution in [1.82, 2.24) is 104 Å². The topological polar surface area (TPSA) is 661 Å². The highest BCUT2D eigenvalue weighted by molar-refractivity contribution is 8.76. The molecule has 782 valence electrons. The third kappa shape index (κ3) is 34.3. The zero-order valence-electron chi connectivity index (χ0n) is 81.4. The number of rotatable bonds is 39. The third-order valence-corrected chi connectivity index (χ3v) is 28.7. The summed E-state index contributed by atoms with van der Waals surface area (Å²) in [5.74, 6) is -20.5. The summed E-state index contributed by atoms with van der Waals surface area (Å²) < 4.78 is 0. The lowest BCUT2D eigenvalue weighted by atomic mass is 9.81. The average Bonchev–Trinajstić information content (AvgIpc) is 1.78. The van der Waals surface area contributed by atoms with E-state index in [4.69, 9.17) is 11.5 Å². The van der Waals surface area contributed by atoms with E-state index in [0.717, 1.165) is 37.9 Å². The molecule has 4 fully saturated rings. The van der Waals surface area contributed by atoms with Crippen molar-refractivity contribution in [3.8, 4) is 0 Å². The lowest BCUT2D eigenvalue weighted by molar-refractivity contribution is -0.142. The van der Waals surface area contributed by atoms with E-state index in [2.05, 4.69) is 79.1 Å². The Kier molecular flexibility index (Phi) is 43.1. The van der Waals surface area contributed by atoms with Gasteiger partial charge in [-0.25, -0.2) is 0 Å². The first-order valence-corrected chi connectivity index (χ1v) is 50.9. The molecular weight excluding hydrogens is 1910 g/mol. The largest absolute Gasteiger partial charge is 0.481 e. The number of piperidine rings is 1. The average molecular weight is 2040 g/mol. The minimum Gasteiger partial charge on any atom is -0.481 e. The zero-order chi connectivity index (χ0) is 104. The maximum absolute atomic E-state index is 15.8. The highest BCUT2D eigenvalue weighted by Crippen LogP contribution is 2.31. The summed E-state index contributed by atoms with van der Waals surface area (Å²) in [4.78, 5) is 286. The number of aldehydes is 1. The summed E-state index contributed by atoms with van der Waals surface area (Å²) >= 11 is 0. The van der Waals surface area contributed by atoms with E-state index in [9.17, 15) is 68.4 Å². The van der Waals surface area contributed by atoms with E-state index in [1.165, 1.54) is 18.7 Å². The fraction of sp³-hybridized carbons (Fsp3) is 0.536. The molecule has 6 aromatic rings. The van der Waals surface area contributed by atoms with E-state index >= 15 is 43.2 Å². The number of amides is 15. The van der Waals surface area contributed by atoms with Gasteiger partial charge in [0.1, 0.15) is 78.8 Å². The number of unbranched alkanes of at least 4 members (excludes halogenated alkanes) is 1. The molecule has 0 bridgehead atoms. The van der Waals surface area contributed by atoms with Gasteiger partial charge in [0.05, 0.1) is 45.1 Å². The number of nitrogens with zero attached hydrogens (tertiary/aromatic N) is 5. The van der Waals surface area contributed by atoms with Crippen LogP contribution < -0.4 is 80.6 Å². The van der Waals surface area contributed by atoms with Gasteiger partial charge in [-0.3, -0.25) is 106 Å². The Morgan fingerprint density at radius 3 is 1.67 bits per heavy atom. The SMILES string of the molecule is CCC(C)(C)[C@H](NC(=O)[C@@H](NC(=O)[C@H](Cc1c[nH]c2ccccc12)NC(C)=O)[C@@H](C)O)C(=O)N[C@H]1CSSC[C@@H](C(=O)N[C@@H](Cc2c[nH]c3ccccc23)C(=O)N2CCC[C@H]2C(N)=O)NC(=O)[C@H](CC(=O)O)NC(=O)[C@H](CCCCNC(=O)CN2CCN(CC(=O)O)CCN(CC=O)CCN(CC(=O)O)CC2)NC(=O)[C@H](Cc2ccc3ccccc3c2)NC(=O)[C@H](CC(N)=O)NC(=O)[C@H](CC2CCNCC2)NC1=O. The number of benzene rings is 4. The quantitative estimate of drug-likeness (QED) is 0.0108. The lowest BCUT2D eigenvalue weighted by Crippen LogP contribution is -2.64. The summed E-state index contributed by atoms with van der Waals surface area (Å²) in [6.45, 7) is 8.71. The smallest absolute Gasteiger partial charge is 0.317 e. The number of aromatic amines is 2. The van der Waals surface area contributed by atoms with Crippen molar-refractivity contribution in [3.63, 3.8) is 0 Å². The number of carbonyl (C=O) groups excluding carboxylic acids is 16. The summed E-state index contributed by atoms with van der Waals surface area (Å²) in [6.07, 6.45) is 0.321. The molecule has 0 aliphatic carbocycles. The number of hydrogen-bond donors (Lipinski definition) is 21. The number of carbonyl (C=O) groups is 19. The fourth-order valence-corrected chi connectivity index (χ4v) is 20.3. The highest BCUT2D eigenvalue weighted by Gasteiger charge is 2.44. The Morgan fingerprint density at radius 1 is 0.556 bits per heavy atom. The van der Waals surface area contributed by atoms with Gasteiger partial charge in [-0.2, -0.15) is 0 Å². The van der Waals surface area contributed by atoms with Gasteiger partial charge >= 0.3 is 17.9 Å². The van der Waals surface area contributed by atoms with Gasteiger partial charge in [0.25, 0.3) is 0 Å². The molecular formula is C97H134N22O23S2. The van der Waals surface area contributed by atoms with Gasteiger partial charge in [0.15, 0.2) is 0 Å². The standard InChI is InChI=1S/C97H134N22O23S2/c1-6-97(4,5)84(114-94(140)83(56(2)121)113-91(137)71(104-57(3)122)45-62-49-102-66-20-11-9-18-64(62)66)95(141)112-76-55-144-143-54-75(93(139)110-74(96(142)119-31-15-23-77(119)85(99)131)46-63-50-103-67-21-12-10-19-65(63)67)111-90(136)73(48-80(125)126)109-86(132)68(22-13-14-28-101-79(124)51-116-36-38-117(52-81(127)128)34-32-115(40-41-120)33-35-118(39-37-116)53-82(129)130)105-87(133)70(44-59-24-25-60-16-7-8-17-61(60)42-59)106-89(135)72(47-78(98)123)108-88(134)69(107-92(76)138)43-58-26-29-100-30-27-58/h7-12,16-21,24-25,41-42,49-50,56,58,68-77,83-84,100,102-103,121H,6,13-15,22-23,26-40,43-48,51-55H2,1-5H3,(H2,98,123)(H2,99,131)(H,101,124)(H,104,122)(H,105,133)(H,106,135)(H,107,138)(H,108,134)(H,109,132)(H,110,139)(H,111,136)(H,112,141)(H,113,137)(H,114,140)(H,125,126)(H,127,128)(H,129,130)/t56-,68+,69+,70+,71+,72+,73+,74+,75+,76+,77+,83+,84-/m1/s1. The van der Waals surface area contributed by atoms with E-state index in [0.29, 0.717) is 71.6 Å². The van der Waals surface area contributed by atoms with Crippen LogP contribution in [-0.4, -0.2) is 363 Å². The summed E-state index contributed by atoms with van der Waals surface area (Å²) in [5.41, 5.74) is 13.4. The molecule has 144 heavy (non-hydrogen) atoms. The van der Waals surface area contributed by atoms with Crippen molar-refractivity contribution in [1.29, 1.82) is 0 Å². The van der Waals surface area contributed by atoms with Crippen LogP contribution in [0, 0.1) is 11.3 Å². The Morgan fingerprint density at radius 2 is 1.09 bits per heavy atom. The molecule has 13 atom stereocenters. The Hall–Kier alpha value is -13.2. The number of hydrogen-bond acceptors (Lipinski definition) is 27. The molecule has 47 heteroatoms. The molecule has 0 unspecified atom stereocenters. The van der Waals surface area contributed by atoms with E-state index in [1.54, 1.807) is 132 Å². The van der Waals surface area contributed by atoms with Crippen LogP contribution in [0.5, 0.6) is 0 Å². The molecule has 23 N–H and O–H groups in total. The molecule has 4 saturated heterocycles. The molecule has 4 aliphatic heterocycles. The Balaban J connectivity index is 1.02. The number of aromatic nitrogens is 2. The van der Waals surface area contributed by atoms with Gasteiger partial charge < -0.3 is 121 Å². The monoisotopic (exact) mass is 2040 g/mol. The van der Waals surface area contributed by atoms with Crippen molar-refractivity contribution in [2.45, 2.75) is 203 Å². The van der Waals surface area contributed by atoms with Gasteiger partial charge in [-0.15, -0.1) is 0 Å². The predicted octanol–water partition coefficient (Wildman–Crippen LogP) is -2.51. The molecule has 15 amide bonds. The number of aliphatic hydroxyl groups excluding tert-OH is 1. The highest BCUT2D eigenvalue weighted by atomic mass is 33.1. The summed E-state index contributed by atoms with van der Waals surface area (Å²) in [6, 6.07) is 5.86. The number of primary amides is 2. The fourth-order valence-electron chi connectivity index (χ4n) is 17.9. The van der Waals surface area contributed by atoms with Crippen molar-refractivity contribution in [2.24, 2.45) is 22.8 Å². The lowest BCUT2D eigenvalue weighted by Gasteiger charge is -2.35. The second-order valence-corrected chi connectivity index (χ2v) is 40.1. The third-order valence-electron chi connectivity index (χ3n) is 26.3. The van der Waals surface area contributed by atoms with Crippen LogP contribution in [0.1, 0.15) is 122 Å². The Labute approximate surface area is 839 Å². The molecule has 10 rings (SSSR count). The van der Waals surface area contributed by atoms with Crippen molar-refractivity contribution in [3.05, 3.63) is 120 Å². The second-order valence-electron chi connectivity index (χ2n) is 37.6. The van der Waals surface area contributed by atoms with Gasteiger partial charge in [-0.1, -0.05) is 121 Å². The number of para-hydroxylation sites is 2. The van der Waals surface area contributed by atoms with E-state index in [-0.39, 0.29) is 149 Å². The van der Waals surface area contributed by atoms with Gasteiger partial charge in [0.2, 0.25) is 88.6 Å². The van der Waals surface area contributed by atoms with Crippen LogP contribution in [0.15, 0.2) is 103 Å². The first-order valence-electron chi connectivity index (χ1n) is 48.4. The van der Waals surface area contributed by atoms with Crippen LogP contribution in [-0.2, 0) is 110 Å². The van der Waals surface area contributed by atoms with Crippen LogP contribution >= 0.6 is 21.6 Å². The summed E-state index contributed by atoms with van der Waals surface area (Å²) in [5, 5.41) is 79.8. The summed E-state index contributed by atoms with van der Waals surface area (Å²) in [7, 11) is 1.55. The predicted molar refractivity (Wildman–Crippen MR) is 533 cm³/mol. The van der Waals surface area contributed by atoms with Crippen molar-refractivity contribution >= 4 is 167 Å². The minimum absolute atomic E-state index is 0.0225. The van der Waals surface area contributed by atoms with Crippen LogP contribution in [0.4, 0.5) is 0 Å². The number of likely N-dealkylation sites (tertiary alicyclic amines) is 1. The van der Waals surface area contributed by atoms with Crippen LogP contribution in [0.3, 0.4) is 0 Å². The number of aliphatic carboxylic acids is 3. The van der Waals surface area contributed by atoms with Crippen LogP contribution in [0.2, 0.25) is 0 Å².